The summed E-state index contributed by atoms with van der Waals surface area (Å²) in [5.41, 5.74) is 2.02. The first-order chi connectivity index (χ1) is 17.5. The number of para-hydroxylation sites is 1. The fourth-order valence-electron chi connectivity index (χ4n) is 3.61. The number of hydrogen-bond donors (Lipinski definition) is 3. The van der Waals surface area contributed by atoms with E-state index in [4.69, 9.17) is 18.7 Å². The highest BCUT2D eigenvalue weighted by atomic mass is 16.6. The maximum Gasteiger partial charge on any atom is 0.415 e. The van der Waals surface area contributed by atoms with Gasteiger partial charge in [0.2, 0.25) is 0 Å². The van der Waals surface area contributed by atoms with Crippen molar-refractivity contribution in [3.8, 4) is 17.7 Å². The van der Waals surface area contributed by atoms with E-state index >= 15 is 0 Å². The Hall–Kier alpha value is -4.34. The monoisotopic (exact) mass is 492 g/mol. The molecule has 2 aromatic carbocycles. The van der Waals surface area contributed by atoms with E-state index < -0.39 is 5.97 Å². The Morgan fingerprint density at radius 2 is 1.89 bits per heavy atom. The van der Waals surface area contributed by atoms with Crippen molar-refractivity contribution in [3.05, 3.63) is 60.2 Å². The zero-order valence-electron chi connectivity index (χ0n) is 19.9. The number of ether oxygens (including phenoxy) is 1. The Balaban J connectivity index is 1.34. The van der Waals surface area contributed by atoms with Gasteiger partial charge in [0, 0.05) is 23.2 Å². The number of rotatable bonds is 13. The third-order valence-corrected chi connectivity index (χ3v) is 5.50. The van der Waals surface area contributed by atoms with Crippen LogP contribution in [0.4, 0.5) is 5.69 Å². The van der Waals surface area contributed by atoms with Crippen LogP contribution in [-0.4, -0.2) is 46.4 Å². The summed E-state index contributed by atoms with van der Waals surface area (Å²) < 4.78 is 17.2. The number of aliphatic carboxylic acids is 1. The Kier molecular flexibility index (Phi) is 8.17. The standard InChI is InChI=1S/C26H28N4O6/c1-2-3-7-20(28-19-11-9-17(10-12-19)24(33)27-14-13-23(31)32)16-34-26-30-29-25(36-26)22-15-18-6-4-5-8-21(18)35-22/h4-6,8-12,15,20,28H,2-3,7,13-14,16H2,1H3,(H,27,33)(H,31,32). The van der Waals surface area contributed by atoms with Crippen LogP contribution in [0.25, 0.3) is 22.6 Å². The summed E-state index contributed by atoms with van der Waals surface area (Å²) in [6.07, 6.45) is 2.83. The van der Waals surface area contributed by atoms with Crippen LogP contribution >= 0.6 is 0 Å². The van der Waals surface area contributed by atoms with Gasteiger partial charge in [-0.05, 0) is 42.8 Å². The average molecular weight is 493 g/mol. The number of carbonyl (C=O) groups excluding carboxylic acids is 1. The van der Waals surface area contributed by atoms with Crippen LogP contribution in [0.1, 0.15) is 43.0 Å². The maximum atomic E-state index is 12.1. The molecule has 4 rings (SSSR count). The zero-order valence-corrected chi connectivity index (χ0v) is 19.9. The Morgan fingerprint density at radius 3 is 2.64 bits per heavy atom. The van der Waals surface area contributed by atoms with E-state index in [-0.39, 0.29) is 36.9 Å². The minimum Gasteiger partial charge on any atom is -0.481 e. The Labute approximate surface area is 207 Å². The Bertz CT molecular complexity index is 1260. The number of fused-ring (bicyclic) bond motifs is 1. The number of unbranched alkanes of at least 4 members (excludes halogenated alkanes) is 1. The molecule has 0 saturated heterocycles. The van der Waals surface area contributed by atoms with Crippen LogP contribution in [0.2, 0.25) is 0 Å². The van der Waals surface area contributed by atoms with E-state index in [1.807, 2.05) is 30.3 Å². The third kappa shape index (κ3) is 6.62. The number of nitrogens with zero attached hydrogens (tertiary/aromatic N) is 2. The van der Waals surface area contributed by atoms with Gasteiger partial charge < -0.3 is 29.3 Å². The average Bonchev–Trinajstić information content (AvgIpc) is 3.53. The van der Waals surface area contributed by atoms with Crippen LogP contribution in [0.3, 0.4) is 0 Å². The van der Waals surface area contributed by atoms with Crippen molar-refractivity contribution < 1.29 is 28.3 Å². The van der Waals surface area contributed by atoms with Crippen molar-refractivity contribution in [1.29, 1.82) is 0 Å². The molecule has 0 spiro atoms. The summed E-state index contributed by atoms with van der Waals surface area (Å²) in [6, 6.07) is 16.4. The smallest absolute Gasteiger partial charge is 0.415 e. The molecule has 3 N–H and O–H groups in total. The van der Waals surface area contributed by atoms with Crippen molar-refractivity contribution in [3.63, 3.8) is 0 Å². The van der Waals surface area contributed by atoms with Crippen LogP contribution in [0.15, 0.2) is 63.4 Å². The van der Waals surface area contributed by atoms with Crippen LogP contribution in [0, 0.1) is 0 Å². The maximum absolute atomic E-state index is 12.1. The number of amides is 1. The summed E-state index contributed by atoms with van der Waals surface area (Å²) >= 11 is 0. The van der Waals surface area contributed by atoms with Crippen molar-refractivity contribution in [2.24, 2.45) is 0 Å². The van der Waals surface area contributed by atoms with E-state index in [2.05, 4.69) is 27.8 Å². The highest BCUT2D eigenvalue weighted by molar-refractivity contribution is 5.94. The lowest BCUT2D eigenvalue weighted by Gasteiger charge is -2.19. The fraction of sp³-hybridized carbons (Fsp3) is 0.308. The summed E-state index contributed by atoms with van der Waals surface area (Å²) in [4.78, 5) is 22.7. The quantitative estimate of drug-likeness (QED) is 0.241. The second kappa shape index (κ2) is 11.9. The largest absolute Gasteiger partial charge is 0.481 e. The highest BCUT2D eigenvalue weighted by Crippen LogP contribution is 2.28. The molecule has 0 aliphatic rings. The molecule has 4 aromatic rings. The molecule has 0 saturated carbocycles. The minimum atomic E-state index is -0.957. The molecule has 1 unspecified atom stereocenters. The number of aromatic nitrogens is 2. The van der Waals surface area contributed by atoms with Gasteiger partial charge in [-0.15, -0.1) is 5.10 Å². The SMILES string of the molecule is CCCCC(COc1nnc(-c2cc3ccccc3o2)o1)Nc1ccc(C(=O)NCCC(=O)O)cc1. The summed E-state index contributed by atoms with van der Waals surface area (Å²) in [5, 5.41) is 23.7. The number of carboxylic acid groups (broad SMARTS) is 1. The first-order valence-corrected chi connectivity index (χ1v) is 11.8. The third-order valence-electron chi connectivity index (χ3n) is 5.50. The number of nitrogens with one attached hydrogen (secondary N) is 2. The van der Waals surface area contributed by atoms with Gasteiger partial charge in [-0.1, -0.05) is 43.1 Å². The number of furan rings is 1. The number of anilines is 1. The lowest BCUT2D eigenvalue weighted by atomic mass is 10.1. The molecule has 0 bridgehead atoms. The zero-order chi connectivity index (χ0) is 25.3. The molecule has 10 heteroatoms. The number of benzene rings is 2. The molecule has 10 nitrogen and oxygen atoms in total. The van der Waals surface area contributed by atoms with Crippen LogP contribution < -0.4 is 15.4 Å². The molecule has 0 fully saturated rings. The van der Waals surface area contributed by atoms with E-state index in [9.17, 15) is 9.59 Å². The molecular formula is C26H28N4O6. The van der Waals surface area contributed by atoms with Gasteiger partial charge in [0.1, 0.15) is 12.2 Å². The molecule has 0 aliphatic carbocycles. The van der Waals surface area contributed by atoms with Crippen molar-refractivity contribution in [2.45, 2.75) is 38.6 Å². The Morgan fingerprint density at radius 1 is 1.08 bits per heavy atom. The molecule has 36 heavy (non-hydrogen) atoms. The van der Waals surface area contributed by atoms with Crippen molar-refractivity contribution in [1.82, 2.24) is 15.5 Å². The normalized spacial score (nSPS) is 11.8. The van der Waals surface area contributed by atoms with Crippen molar-refractivity contribution in [2.75, 3.05) is 18.5 Å². The summed E-state index contributed by atoms with van der Waals surface area (Å²) in [7, 11) is 0. The topological polar surface area (TPSA) is 140 Å². The van der Waals surface area contributed by atoms with Gasteiger partial charge in [0.05, 0.1) is 12.5 Å². The van der Waals surface area contributed by atoms with Crippen molar-refractivity contribution >= 4 is 28.5 Å². The number of carbonyl (C=O) groups is 2. The van der Waals surface area contributed by atoms with Crippen LogP contribution in [-0.2, 0) is 4.79 Å². The van der Waals surface area contributed by atoms with Crippen LogP contribution in [0.5, 0.6) is 6.08 Å². The molecule has 0 aliphatic heterocycles. The van der Waals surface area contributed by atoms with E-state index in [1.165, 1.54) is 0 Å². The molecule has 188 valence electrons. The summed E-state index contributed by atoms with van der Waals surface area (Å²) in [6.45, 7) is 2.50. The molecule has 0 radical (unpaired) electrons. The number of carboxylic acids is 1. The first kappa shape index (κ1) is 24.8. The molecule has 2 heterocycles. The van der Waals surface area contributed by atoms with Gasteiger partial charge in [-0.25, -0.2) is 0 Å². The lowest BCUT2D eigenvalue weighted by Crippen LogP contribution is -2.27. The minimum absolute atomic E-state index is 0.0262. The number of hydrogen-bond acceptors (Lipinski definition) is 8. The van der Waals surface area contributed by atoms with Gasteiger partial charge in [0.15, 0.2) is 5.76 Å². The molecule has 2 aromatic heterocycles. The van der Waals surface area contributed by atoms with Gasteiger partial charge in [-0.2, -0.15) is 0 Å². The molecular weight excluding hydrogens is 464 g/mol. The fourth-order valence-corrected chi connectivity index (χ4v) is 3.61. The van der Waals surface area contributed by atoms with E-state index in [1.54, 1.807) is 24.3 Å². The summed E-state index contributed by atoms with van der Waals surface area (Å²) in [5.74, 6) is -0.547. The van der Waals surface area contributed by atoms with E-state index in [0.29, 0.717) is 17.9 Å². The second-order valence-corrected chi connectivity index (χ2v) is 8.29. The molecule has 1 atom stereocenters. The predicted molar refractivity (Wildman–Crippen MR) is 133 cm³/mol. The first-order valence-electron chi connectivity index (χ1n) is 11.8. The molecule has 1 amide bonds. The predicted octanol–water partition coefficient (Wildman–Crippen LogP) is 4.74. The highest BCUT2D eigenvalue weighted by Gasteiger charge is 2.17. The van der Waals surface area contributed by atoms with Gasteiger partial charge in [-0.3, -0.25) is 9.59 Å². The lowest BCUT2D eigenvalue weighted by molar-refractivity contribution is -0.136. The second-order valence-electron chi connectivity index (χ2n) is 8.29. The van der Waals surface area contributed by atoms with Gasteiger partial charge >= 0.3 is 12.0 Å². The van der Waals surface area contributed by atoms with E-state index in [0.717, 1.165) is 35.9 Å². The van der Waals surface area contributed by atoms with Gasteiger partial charge in [0.25, 0.3) is 11.8 Å².